The molecule has 4 nitrogen and oxygen atoms in total. The highest BCUT2D eigenvalue weighted by Gasteiger charge is 2.12. The first kappa shape index (κ1) is 46.5. The number of unbranched alkanes of at least 4 members (excludes halogenated alkanes) is 8. The number of hydrogen-bond acceptors (Lipinski definition) is 4. The lowest BCUT2D eigenvalue weighted by Crippen LogP contribution is -2.13. The van der Waals surface area contributed by atoms with Gasteiger partial charge in [0.25, 0.3) is 0 Å². The number of hydrogen-bond donors (Lipinski definition) is 2. The molecule has 56 heavy (non-hydrogen) atoms. The summed E-state index contributed by atoms with van der Waals surface area (Å²) in [6.45, 7) is 15.8. The number of phenols is 2. The fourth-order valence-electron chi connectivity index (χ4n) is 7.32. The second-order valence-corrected chi connectivity index (χ2v) is 15.7. The van der Waals surface area contributed by atoms with Crippen molar-refractivity contribution in [2.24, 2.45) is 9.98 Å². The number of aryl methyl sites for hydroxylation is 5. The molecule has 0 aliphatic carbocycles. The Labute approximate surface area is 342 Å². The molecule has 0 unspecified atom stereocenters. The van der Waals surface area contributed by atoms with E-state index in [0.717, 1.165) is 54.6 Å². The maximum atomic E-state index is 9.68. The zero-order valence-corrected chi connectivity index (χ0v) is 36.5. The van der Waals surface area contributed by atoms with Gasteiger partial charge in [-0.05, 0) is 147 Å². The van der Waals surface area contributed by atoms with Gasteiger partial charge < -0.3 is 10.2 Å². The first-order valence-corrected chi connectivity index (χ1v) is 22.6. The predicted molar refractivity (Wildman–Crippen MR) is 246 cm³/mol. The fraction of sp³-hybridized carbons (Fsp3) is 0.538. The Bertz CT molecular complexity index is 1790. The minimum absolute atomic E-state index is 0.0282. The van der Waals surface area contributed by atoms with Gasteiger partial charge in [0.15, 0.2) is 11.5 Å². The molecule has 4 aromatic carbocycles. The average Bonchev–Trinajstić information content (AvgIpc) is 3.22. The second kappa shape index (κ2) is 26.8. The van der Waals surface area contributed by atoms with Gasteiger partial charge in [0.2, 0.25) is 0 Å². The van der Waals surface area contributed by atoms with Crippen molar-refractivity contribution in [3.05, 3.63) is 94.5 Å². The molecule has 306 valence electrons. The van der Waals surface area contributed by atoms with Gasteiger partial charge in [-0.25, -0.2) is 0 Å². The zero-order valence-electron chi connectivity index (χ0n) is 36.5. The summed E-state index contributed by atoms with van der Waals surface area (Å²) < 4.78 is 0. The van der Waals surface area contributed by atoms with Crippen LogP contribution in [0.2, 0.25) is 0 Å². The number of phenolic OH excluding ortho intramolecular Hbond substituents is 2. The molecule has 4 aromatic rings. The van der Waals surface area contributed by atoms with Crippen LogP contribution < -0.4 is 0 Å². The lowest BCUT2D eigenvalue weighted by molar-refractivity contribution is 0.408. The minimum atomic E-state index is -0.0613. The maximum Gasteiger partial charge on any atom is 0.165 e. The molecule has 0 spiro atoms. The molecule has 0 fully saturated rings. The summed E-state index contributed by atoms with van der Waals surface area (Å²) in [5.74, 6) is -0.0895. The standard InChI is InChI=1S/C38H60N2.C14H16O2/c1-7-13-18-19-24-38(40-36-28-26-32(21-15-9-3)34(30-36)23-17-11-5)37(12-6)39-35-27-25-31(20-14-8-2)33(29-35)22-16-10-4;1-2-3-4-10-5-7-12-11(9-10)6-8-13(15)14(12)16/h25-30H,7-24H2,1-6H3;5-9,15-16H,2-4H2,1H3. The summed E-state index contributed by atoms with van der Waals surface area (Å²) in [5, 5.41) is 20.7. The van der Waals surface area contributed by atoms with Crippen molar-refractivity contribution in [2.45, 2.75) is 183 Å². The third-order valence-electron chi connectivity index (χ3n) is 10.9. The van der Waals surface area contributed by atoms with E-state index in [1.807, 2.05) is 18.2 Å². The zero-order chi connectivity index (χ0) is 40.5. The molecular formula is C52H76N2O2. The van der Waals surface area contributed by atoms with Gasteiger partial charge >= 0.3 is 0 Å². The van der Waals surface area contributed by atoms with Crippen molar-refractivity contribution >= 4 is 33.6 Å². The van der Waals surface area contributed by atoms with Crippen molar-refractivity contribution in [3.8, 4) is 11.5 Å². The van der Waals surface area contributed by atoms with Crippen molar-refractivity contribution in [1.29, 1.82) is 0 Å². The number of rotatable bonds is 24. The topological polar surface area (TPSA) is 65.2 Å². The van der Waals surface area contributed by atoms with Crippen molar-refractivity contribution in [3.63, 3.8) is 0 Å². The number of fused-ring (bicyclic) bond motifs is 1. The molecule has 4 heteroatoms. The van der Waals surface area contributed by atoms with Gasteiger partial charge in [-0.3, -0.25) is 9.98 Å². The van der Waals surface area contributed by atoms with Crippen LogP contribution in [-0.4, -0.2) is 21.6 Å². The maximum absolute atomic E-state index is 9.68. The molecular weight excluding hydrogens is 685 g/mol. The van der Waals surface area contributed by atoms with E-state index in [0.29, 0.717) is 5.39 Å². The second-order valence-electron chi connectivity index (χ2n) is 15.7. The van der Waals surface area contributed by atoms with Crippen LogP contribution in [0.1, 0.15) is 179 Å². The predicted octanol–water partition coefficient (Wildman–Crippen LogP) is 15.9. The normalized spacial score (nSPS) is 11.9. The van der Waals surface area contributed by atoms with Crippen LogP contribution in [0, 0.1) is 0 Å². The van der Waals surface area contributed by atoms with Crippen LogP contribution in [0.3, 0.4) is 0 Å². The molecule has 0 saturated carbocycles. The van der Waals surface area contributed by atoms with Crippen LogP contribution in [-0.2, 0) is 32.1 Å². The van der Waals surface area contributed by atoms with Crippen LogP contribution in [0.5, 0.6) is 11.5 Å². The van der Waals surface area contributed by atoms with E-state index in [9.17, 15) is 10.2 Å². The molecule has 0 saturated heterocycles. The van der Waals surface area contributed by atoms with E-state index >= 15 is 0 Å². The summed E-state index contributed by atoms with van der Waals surface area (Å²) in [7, 11) is 0. The first-order valence-electron chi connectivity index (χ1n) is 22.6. The molecule has 4 rings (SSSR count). The van der Waals surface area contributed by atoms with E-state index in [-0.39, 0.29) is 11.5 Å². The number of aromatic hydroxyl groups is 2. The highest BCUT2D eigenvalue weighted by atomic mass is 16.3. The van der Waals surface area contributed by atoms with E-state index in [1.165, 1.54) is 142 Å². The lowest BCUT2D eigenvalue weighted by atomic mass is 9.97. The molecule has 0 bridgehead atoms. The quantitative estimate of drug-likeness (QED) is 0.0424. The Morgan fingerprint density at radius 3 is 1.46 bits per heavy atom. The van der Waals surface area contributed by atoms with Crippen molar-refractivity contribution in [2.75, 3.05) is 0 Å². The summed E-state index contributed by atoms with van der Waals surface area (Å²) in [6, 6.07) is 23.3. The van der Waals surface area contributed by atoms with Crippen molar-refractivity contribution < 1.29 is 10.2 Å². The number of aliphatic imine (C=N–C) groups is 2. The molecule has 0 aromatic heterocycles. The SMILES string of the molecule is CCCCCCC(=Nc1ccc(CCCC)c(CCCC)c1)C(CC)=Nc1ccc(CCCC)c(CCCC)c1.CCCCc1ccc2c(O)c(O)ccc2c1. The summed E-state index contributed by atoms with van der Waals surface area (Å²) >= 11 is 0. The van der Waals surface area contributed by atoms with Gasteiger partial charge in [-0.2, -0.15) is 0 Å². The first-order chi connectivity index (χ1) is 27.3. The number of benzene rings is 4. The largest absolute Gasteiger partial charge is 0.504 e. The molecule has 0 heterocycles. The van der Waals surface area contributed by atoms with Gasteiger partial charge in [0.1, 0.15) is 0 Å². The molecule has 2 N–H and O–H groups in total. The van der Waals surface area contributed by atoms with E-state index in [2.05, 4.69) is 90.9 Å². The highest BCUT2D eigenvalue weighted by Crippen LogP contribution is 2.34. The minimum Gasteiger partial charge on any atom is -0.504 e. The molecule has 0 radical (unpaired) electrons. The van der Waals surface area contributed by atoms with E-state index in [1.54, 1.807) is 0 Å². The van der Waals surface area contributed by atoms with Crippen LogP contribution in [0.15, 0.2) is 76.7 Å². The molecule has 0 aliphatic rings. The Balaban J connectivity index is 0.000000433. The monoisotopic (exact) mass is 761 g/mol. The van der Waals surface area contributed by atoms with E-state index < -0.39 is 0 Å². The van der Waals surface area contributed by atoms with Gasteiger partial charge in [-0.1, -0.05) is 136 Å². The van der Waals surface area contributed by atoms with Gasteiger partial charge in [-0.15, -0.1) is 0 Å². The Morgan fingerprint density at radius 2 is 0.946 bits per heavy atom. The Morgan fingerprint density at radius 1 is 0.446 bits per heavy atom. The van der Waals surface area contributed by atoms with Gasteiger partial charge in [0.05, 0.1) is 22.8 Å². The highest BCUT2D eigenvalue weighted by molar-refractivity contribution is 6.43. The summed E-state index contributed by atoms with van der Waals surface area (Å²) in [5.41, 5.74) is 11.9. The molecule has 0 atom stereocenters. The van der Waals surface area contributed by atoms with Crippen LogP contribution in [0.25, 0.3) is 10.8 Å². The average molecular weight is 761 g/mol. The van der Waals surface area contributed by atoms with Crippen molar-refractivity contribution in [1.82, 2.24) is 0 Å². The molecule has 0 amide bonds. The van der Waals surface area contributed by atoms with Crippen LogP contribution >= 0.6 is 0 Å². The van der Waals surface area contributed by atoms with Gasteiger partial charge in [0, 0.05) is 5.39 Å². The Hall–Kier alpha value is -3.92. The summed E-state index contributed by atoms with van der Waals surface area (Å²) in [4.78, 5) is 10.6. The third-order valence-corrected chi connectivity index (χ3v) is 10.9. The molecule has 0 aliphatic heterocycles. The third kappa shape index (κ3) is 15.5. The van der Waals surface area contributed by atoms with E-state index in [4.69, 9.17) is 9.98 Å². The smallest absolute Gasteiger partial charge is 0.165 e. The summed E-state index contributed by atoms with van der Waals surface area (Å²) in [6.07, 6.45) is 24.9. The van der Waals surface area contributed by atoms with Crippen LogP contribution in [0.4, 0.5) is 11.4 Å². The Kier molecular flexibility index (Phi) is 22.3. The number of nitrogens with zero attached hydrogens (tertiary/aromatic N) is 2. The fourth-order valence-corrected chi connectivity index (χ4v) is 7.32. The lowest BCUT2D eigenvalue weighted by Gasteiger charge is -2.14.